The number of rotatable bonds is 5. The summed E-state index contributed by atoms with van der Waals surface area (Å²) in [5.74, 6) is -0.621. The van der Waals surface area contributed by atoms with Crippen LogP contribution in [0.3, 0.4) is 0 Å². The van der Waals surface area contributed by atoms with Crippen LogP contribution in [0.2, 0.25) is 0 Å². The average Bonchev–Trinajstić information content (AvgIpc) is 3.27. The van der Waals surface area contributed by atoms with Gasteiger partial charge in [0.25, 0.3) is 11.8 Å². The summed E-state index contributed by atoms with van der Waals surface area (Å²) in [7, 11) is 1.40. The van der Waals surface area contributed by atoms with Gasteiger partial charge in [-0.15, -0.1) is 0 Å². The standard InChI is InChI=1S/C24H17FN4O3/c1-31-21-12-15(25)7-9-20(21)32-24-22(28-17-4-2-3-5-18(17)29-24)23(30)27-16-8-6-14-10-11-26-19(14)13-16/h2-9,11-13H,10H2,1H3,(H,27,30). The van der Waals surface area contributed by atoms with Crippen molar-refractivity contribution >= 4 is 34.5 Å². The predicted molar refractivity (Wildman–Crippen MR) is 119 cm³/mol. The number of nitrogens with one attached hydrogen (secondary N) is 1. The minimum absolute atomic E-state index is 0.0147. The molecule has 0 bridgehead atoms. The lowest BCUT2D eigenvalue weighted by Crippen LogP contribution is -2.16. The van der Waals surface area contributed by atoms with Crippen molar-refractivity contribution in [2.75, 3.05) is 12.4 Å². The Morgan fingerprint density at radius 3 is 2.62 bits per heavy atom. The Bertz CT molecular complexity index is 1390. The molecule has 1 aliphatic rings. The fourth-order valence-electron chi connectivity index (χ4n) is 3.40. The zero-order valence-electron chi connectivity index (χ0n) is 17.0. The summed E-state index contributed by atoms with van der Waals surface area (Å²) in [6, 6.07) is 16.5. The van der Waals surface area contributed by atoms with E-state index in [1.54, 1.807) is 24.3 Å². The molecule has 0 spiro atoms. The molecule has 1 aromatic heterocycles. The lowest BCUT2D eigenvalue weighted by Gasteiger charge is -2.13. The van der Waals surface area contributed by atoms with E-state index in [0.717, 1.165) is 17.7 Å². The first-order valence-corrected chi connectivity index (χ1v) is 9.86. The van der Waals surface area contributed by atoms with Gasteiger partial charge in [0.1, 0.15) is 5.82 Å². The van der Waals surface area contributed by atoms with E-state index < -0.39 is 11.7 Å². The second-order valence-electron chi connectivity index (χ2n) is 7.08. The van der Waals surface area contributed by atoms with Crippen LogP contribution in [0.25, 0.3) is 11.0 Å². The molecule has 32 heavy (non-hydrogen) atoms. The van der Waals surface area contributed by atoms with E-state index in [1.807, 2.05) is 24.4 Å². The summed E-state index contributed by atoms with van der Waals surface area (Å²) in [6.07, 6.45) is 2.60. The van der Waals surface area contributed by atoms with E-state index >= 15 is 0 Å². The van der Waals surface area contributed by atoms with E-state index in [4.69, 9.17) is 9.47 Å². The fraction of sp³-hybridized carbons (Fsp3) is 0.0833. The van der Waals surface area contributed by atoms with Crippen molar-refractivity contribution < 1.29 is 18.7 Å². The van der Waals surface area contributed by atoms with Crippen LogP contribution in [0.4, 0.5) is 15.8 Å². The number of carbonyl (C=O) groups excluding carboxylic acids is 1. The van der Waals surface area contributed by atoms with Crippen molar-refractivity contribution in [2.45, 2.75) is 6.42 Å². The van der Waals surface area contributed by atoms with Gasteiger partial charge < -0.3 is 14.8 Å². The van der Waals surface area contributed by atoms with Gasteiger partial charge in [-0.3, -0.25) is 9.79 Å². The lowest BCUT2D eigenvalue weighted by atomic mass is 10.1. The molecule has 8 heteroatoms. The second-order valence-corrected chi connectivity index (χ2v) is 7.08. The number of carbonyl (C=O) groups is 1. The third-order valence-corrected chi connectivity index (χ3v) is 4.97. The number of aliphatic imine (C=N–C) groups is 1. The molecule has 0 fully saturated rings. The molecule has 0 unspecified atom stereocenters. The topological polar surface area (TPSA) is 85.7 Å². The van der Waals surface area contributed by atoms with E-state index in [2.05, 4.69) is 20.3 Å². The highest BCUT2D eigenvalue weighted by Crippen LogP contribution is 2.34. The number of ether oxygens (including phenoxy) is 2. The van der Waals surface area contributed by atoms with Gasteiger partial charge in [0, 0.05) is 24.4 Å². The molecule has 0 radical (unpaired) electrons. The number of amides is 1. The third-order valence-electron chi connectivity index (χ3n) is 4.97. The molecule has 0 atom stereocenters. The second kappa shape index (κ2) is 8.07. The van der Waals surface area contributed by atoms with E-state index in [-0.39, 0.29) is 23.1 Å². The Balaban J connectivity index is 1.54. The minimum atomic E-state index is -0.499. The van der Waals surface area contributed by atoms with Crippen LogP contribution < -0.4 is 14.8 Å². The minimum Gasteiger partial charge on any atom is -0.493 e. The summed E-state index contributed by atoms with van der Waals surface area (Å²) in [6.45, 7) is 0. The number of anilines is 1. The van der Waals surface area contributed by atoms with Gasteiger partial charge in [0.15, 0.2) is 17.2 Å². The van der Waals surface area contributed by atoms with Gasteiger partial charge >= 0.3 is 0 Å². The molecule has 0 saturated heterocycles. The summed E-state index contributed by atoms with van der Waals surface area (Å²) in [4.78, 5) is 26.4. The van der Waals surface area contributed by atoms with Gasteiger partial charge in [-0.2, -0.15) is 0 Å². The number of hydrogen-bond acceptors (Lipinski definition) is 6. The zero-order valence-corrected chi connectivity index (χ0v) is 17.0. The Labute approximate surface area is 182 Å². The van der Waals surface area contributed by atoms with Crippen molar-refractivity contribution in [3.05, 3.63) is 77.7 Å². The number of para-hydroxylation sites is 2. The molecule has 0 aliphatic carbocycles. The van der Waals surface area contributed by atoms with Crippen molar-refractivity contribution in [3.63, 3.8) is 0 Å². The molecule has 158 valence electrons. The molecule has 0 saturated carbocycles. The highest BCUT2D eigenvalue weighted by molar-refractivity contribution is 6.05. The molecule has 3 aromatic carbocycles. The molecule has 4 aromatic rings. The highest BCUT2D eigenvalue weighted by Gasteiger charge is 2.21. The zero-order chi connectivity index (χ0) is 22.1. The summed E-state index contributed by atoms with van der Waals surface area (Å²) < 4.78 is 24.7. The molecule has 7 nitrogen and oxygen atoms in total. The van der Waals surface area contributed by atoms with Crippen molar-refractivity contribution in [3.8, 4) is 17.4 Å². The highest BCUT2D eigenvalue weighted by atomic mass is 19.1. The van der Waals surface area contributed by atoms with Crippen LogP contribution in [-0.4, -0.2) is 29.2 Å². The van der Waals surface area contributed by atoms with Gasteiger partial charge in [-0.25, -0.2) is 14.4 Å². The Morgan fingerprint density at radius 2 is 1.81 bits per heavy atom. The Hall–Kier alpha value is -4.33. The third kappa shape index (κ3) is 3.74. The van der Waals surface area contributed by atoms with Gasteiger partial charge in [0.2, 0.25) is 0 Å². The quantitative estimate of drug-likeness (QED) is 0.479. The molecular formula is C24H17FN4O3. The number of fused-ring (bicyclic) bond motifs is 2. The maximum absolute atomic E-state index is 13.6. The monoisotopic (exact) mass is 428 g/mol. The van der Waals surface area contributed by atoms with Crippen molar-refractivity contribution in [1.29, 1.82) is 0 Å². The van der Waals surface area contributed by atoms with Gasteiger partial charge in [-0.05, 0) is 42.0 Å². The first-order valence-electron chi connectivity index (χ1n) is 9.86. The van der Waals surface area contributed by atoms with Crippen LogP contribution in [0.5, 0.6) is 17.4 Å². The van der Waals surface area contributed by atoms with Crippen molar-refractivity contribution in [2.24, 2.45) is 4.99 Å². The number of nitrogens with zero attached hydrogens (tertiary/aromatic N) is 3. The number of benzene rings is 3. The predicted octanol–water partition coefficient (Wildman–Crippen LogP) is 5.08. The molecular weight excluding hydrogens is 411 g/mol. The first-order chi connectivity index (χ1) is 15.6. The Kier molecular flexibility index (Phi) is 4.95. The first kappa shape index (κ1) is 19.6. The van der Waals surface area contributed by atoms with Crippen LogP contribution in [0.15, 0.2) is 65.7 Å². The molecule has 2 heterocycles. The van der Waals surface area contributed by atoms with E-state index in [9.17, 15) is 9.18 Å². The van der Waals surface area contributed by atoms with Crippen LogP contribution in [0, 0.1) is 5.82 Å². The number of hydrogen-bond donors (Lipinski definition) is 1. The maximum Gasteiger partial charge on any atom is 0.279 e. The molecule has 1 aliphatic heterocycles. The number of methoxy groups -OCH3 is 1. The smallest absolute Gasteiger partial charge is 0.279 e. The Morgan fingerprint density at radius 1 is 1.00 bits per heavy atom. The average molecular weight is 428 g/mol. The summed E-state index contributed by atoms with van der Waals surface area (Å²) in [5, 5.41) is 2.83. The lowest BCUT2D eigenvalue weighted by molar-refractivity contribution is 0.101. The maximum atomic E-state index is 13.6. The van der Waals surface area contributed by atoms with Gasteiger partial charge in [-0.1, -0.05) is 18.2 Å². The summed E-state index contributed by atoms with van der Waals surface area (Å²) >= 11 is 0. The fourth-order valence-corrected chi connectivity index (χ4v) is 3.40. The van der Waals surface area contributed by atoms with Gasteiger partial charge in [0.05, 0.1) is 23.8 Å². The summed E-state index contributed by atoms with van der Waals surface area (Å²) in [5.41, 5.74) is 3.56. The molecule has 5 rings (SSSR count). The molecule has 1 amide bonds. The number of aromatic nitrogens is 2. The van der Waals surface area contributed by atoms with Crippen LogP contribution in [-0.2, 0) is 6.42 Å². The number of halogens is 1. The van der Waals surface area contributed by atoms with E-state index in [1.165, 1.54) is 25.3 Å². The SMILES string of the molecule is COc1cc(F)ccc1Oc1nc2ccccc2nc1C(=O)Nc1ccc2c(c1)N=CC2. The normalized spacial score (nSPS) is 11.9. The van der Waals surface area contributed by atoms with Crippen LogP contribution in [0.1, 0.15) is 16.1 Å². The molecule has 1 N–H and O–H groups in total. The van der Waals surface area contributed by atoms with E-state index in [0.29, 0.717) is 16.7 Å². The van der Waals surface area contributed by atoms with Crippen molar-refractivity contribution in [1.82, 2.24) is 9.97 Å². The van der Waals surface area contributed by atoms with Crippen LogP contribution >= 0.6 is 0 Å². The largest absolute Gasteiger partial charge is 0.493 e.